The number of anilines is 1. The number of halogens is 1. The van der Waals surface area contributed by atoms with Crippen LogP contribution >= 0.6 is 22.9 Å². The quantitative estimate of drug-likeness (QED) is 0.814. The first-order chi connectivity index (χ1) is 9.51. The Kier molecular flexibility index (Phi) is 3.48. The summed E-state index contributed by atoms with van der Waals surface area (Å²) in [7, 11) is -3.40. The van der Waals surface area contributed by atoms with Crippen LogP contribution in [0.2, 0.25) is 0 Å². The Balaban J connectivity index is 2.00. The molecule has 106 valence electrons. The number of fused-ring (bicyclic) bond motifs is 1. The first kappa shape index (κ1) is 13.9. The molecule has 1 aromatic carbocycles. The summed E-state index contributed by atoms with van der Waals surface area (Å²) >= 11 is 7.14. The Hall–Kier alpha value is -1.11. The summed E-state index contributed by atoms with van der Waals surface area (Å²) in [6, 6.07) is 5.78. The molecule has 0 radical (unpaired) electrons. The third kappa shape index (κ3) is 2.32. The summed E-state index contributed by atoms with van der Waals surface area (Å²) in [5.41, 5.74) is 3.73. The Morgan fingerprint density at radius 1 is 1.45 bits per heavy atom. The molecule has 0 spiro atoms. The second-order valence-electron chi connectivity index (χ2n) is 4.64. The van der Waals surface area contributed by atoms with Crippen molar-refractivity contribution in [3.63, 3.8) is 0 Å². The smallest absolute Gasteiger partial charge is 0.249 e. The minimum atomic E-state index is -3.40. The van der Waals surface area contributed by atoms with Crippen LogP contribution in [0.3, 0.4) is 0 Å². The Bertz CT molecular complexity index is 755. The van der Waals surface area contributed by atoms with Gasteiger partial charge in [-0.2, -0.15) is 0 Å². The zero-order valence-electron chi connectivity index (χ0n) is 10.8. The molecule has 2 aromatic rings. The standard InChI is InChI=1S/C13H13ClN2O2S2/c1-9-15-12(7-19-9)10-2-3-13-11(6-10)4-5-16(13)20(17,18)8-14/h2-3,6-7H,4-5,8H2,1H3. The van der Waals surface area contributed by atoms with E-state index in [2.05, 4.69) is 4.98 Å². The van der Waals surface area contributed by atoms with Gasteiger partial charge in [0.05, 0.1) is 16.4 Å². The van der Waals surface area contributed by atoms with E-state index in [0.717, 1.165) is 27.5 Å². The second kappa shape index (κ2) is 5.02. The Labute approximate surface area is 127 Å². The van der Waals surface area contributed by atoms with Gasteiger partial charge in [-0.25, -0.2) is 13.4 Å². The van der Waals surface area contributed by atoms with E-state index in [-0.39, 0.29) is 5.21 Å². The van der Waals surface area contributed by atoms with Gasteiger partial charge in [0.25, 0.3) is 0 Å². The maximum atomic E-state index is 11.9. The molecular formula is C13H13ClN2O2S2. The first-order valence-corrected chi connectivity index (χ1v) is 9.15. The maximum absolute atomic E-state index is 11.9. The molecular weight excluding hydrogens is 316 g/mol. The highest BCUT2D eigenvalue weighted by molar-refractivity contribution is 7.93. The van der Waals surface area contributed by atoms with E-state index < -0.39 is 10.0 Å². The van der Waals surface area contributed by atoms with Crippen molar-refractivity contribution in [2.75, 3.05) is 16.1 Å². The number of sulfonamides is 1. The van der Waals surface area contributed by atoms with Crippen molar-refractivity contribution < 1.29 is 8.42 Å². The molecule has 2 heterocycles. The molecule has 20 heavy (non-hydrogen) atoms. The highest BCUT2D eigenvalue weighted by atomic mass is 35.5. The molecule has 4 nitrogen and oxygen atoms in total. The van der Waals surface area contributed by atoms with Crippen molar-refractivity contribution in [3.05, 3.63) is 34.2 Å². The van der Waals surface area contributed by atoms with Gasteiger partial charge in [0, 0.05) is 17.5 Å². The third-order valence-electron chi connectivity index (χ3n) is 3.32. The molecule has 0 saturated heterocycles. The zero-order chi connectivity index (χ0) is 14.3. The highest BCUT2D eigenvalue weighted by Crippen LogP contribution is 2.34. The van der Waals surface area contributed by atoms with Gasteiger partial charge in [-0.1, -0.05) is 6.07 Å². The van der Waals surface area contributed by atoms with Crippen LogP contribution in [-0.4, -0.2) is 25.2 Å². The Morgan fingerprint density at radius 3 is 2.90 bits per heavy atom. The van der Waals surface area contributed by atoms with Crippen LogP contribution in [0.1, 0.15) is 10.6 Å². The summed E-state index contributed by atoms with van der Waals surface area (Å²) in [4.78, 5) is 4.46. The van der Waals surface area contributed by atoms with E-state index in [0.29, 0.717) is 13.0 Å². The monoisotopic (exact) mass is 328 g/mol. The molecule has 1 aromatic heterocycles. The number of nitrogens with zero attached hydrogens (tertiary/aromatic N) is 2. The fourth-order valence-corrected chi connectivity index (χ4v) is 4.32. The van der Waals surface area contributed by atoms with Crippen LogP contribution in [0.5, 0.6) is 0 Å². The average Bonchev–Trinajstić information content (AvgIpc) is 3.04. The van der Waals surface area contributed by atoms with Crippen LogP contribution in [-0.2, 0) is 16.4 Å². The minimum absolute atomic E-state index is 0.389. The number of aromatic nitrogens is 1. The van der Waals surface area contributed by atoms with Crippen LogP contribution in [0.15, 0.2) is 23.6 Å². The first-order valence-electron chi connectivity index (χ1n) is 6.13. The maximum Gasteiger partial charge on any atom is 0.249 e. The molecule has 0 fully saturated rings. The lowest BCUT2D eigenvalue weighted by Gasteiger charge is -2.17. The van der Waals surface area contributed by atoms with Gasteiger partial charge in [0.15, 0.2) is 0 Å². The van der Waals surface area contributed by atoms with Crippen molar-refractivity contribution in [1.82, 2.24) is 4.98 Å². The number of benzene rings is 1. The Morgan fingerprint density at radius 2 is 2.25 bits per heavy atom. The van der Waals surface area contributed by atoms with Gasteiger partial charge in [0.1, 0.15) is 5.21 Å². The minimum Gasteiger partial charge on any atom is -0.269 e. The fraction of sp³-hybridized carbons (Fsp3) is 0.308. The molecule has 0 N–H and O–H groups in total. The molecule has 0 atom stereocenters. The molecule has 3 rings (SSSR count). The van der Waals surface area contributed by atoms with E-state index in [1.807, 2.05) is 30.5 Å². The lowest BCUT2D eigenvalue weighted by atomic mass is 10.1. The summed E-state index contributed by atoms with van der Waals surface area (Å²) in [6.07, 6.45) is 0.711. The fourth-order valence-electron chi connectivity index (χ4n) is 2.37. The van der Waals surface area contributed by atoms with E-state index in [9.17, 15) is 8.42 Å². The summed E-state index contributed by atoms with van der Waals surface area (Å²) in [5.74, 6) is 0. The van der Waals surface area contributed by atoms with Gasteiger partial charge >= 0.3 is 0 Å². The van der Waals surface area contributed by atoms with E-state index >= 15 is 0 Å². The molecule has 1 aliphatic heterocycles. The van der Waals surface area contributed by atoms with E-state index in [1.165, 1.54) is 4.31 Å². The lowest BCUT2D eigenvalue weighted by Crippen LogP contribution is -2.29. The van der Waals surface area contributed by atoms with Crippen LogP contribution in [0, 0.1) is 6.92 Å². The normalized spacial score (nSPS) is 14.6. The van der Waals surface area contributed by atoms with Gasteiger partial charge in [-0.3, -0.25) is 4.31 Å². The molecule has 0 unspecified atom stereocenters. The highest BCUT2D eigenvalue weighted by Gasteiger charge is 2.28. The number of thiazole rings is 1. The van der Waals surface area contributed by atoms with Crippen LogP contribution in [0.4, 0.5) is 5.69 Å². The summed E-state index contributed by atoms with van der Waals surface area (Å²) < 4.78 is 25.2. The van der Waals surface area contributed by atoms with Crippen molar-refractivity contribution in [3.8, 4) is 11.3 Å². The van der Waals surface area contributed by atoms with Crippen LogP contribution < -0.4 is 4.31 Å². The molecule has 0 bridgehead atoms. The largest absolute Gasteiger partial charge is 0.269 e. The predicted molar refractivity (Wildman–Crippen MR) is 83.0 cm³/mol. The molecule has 0 saturated carbocycles. The molecule has 1 aliphatic rings. The number of rotatable bonds is 3. The van der Waals surface area contributed by atoms with E-state index in [1.54, 1.807) is 11.3 Å². The van der Waals surface area contributed by atoms with Crippen molar-refractivity contribution in [2.45, 2.75) is 13.3 Å². The lowest BCUT2D eigenvalue weighted by molar-refractivity contribution is 0.597. The third-order valence-corrected chi connectivity index (χ3v) is 6.25. The number of hydrogen-bond acceptors (Lipinski definition) is 4. The second-order valence-corrected chi connectivity index (χ2v) is 8.18. The topological polar surface area (TPSA) is 50.3 Å². The molecule has 0 amide bonds. The average molecular weight is 329 g/mol. The van der Waals surface area contributed by atoms with Gasteiger partial charge in [-0.15, -0.1) is 22.9 Å². The van der Waals surface area contributed by atoms with Crippen molar-refractivity contribution in [2.24, 2.45) is 0 Å². The summed E-state index contributed by atoms with van der Waals surface area (Å²) in [6.45, 7) is 2.43. The predicted octanol–water partition coefficient (Wildman–Crippen LogP) is 3.01. The van der Waals surface area contributed by atoms with E-state index in [4.69, 9.17) is 11.6 Å². The van der Waals surface area contributed by atoms with Gasteiger partial charge in [0.2, 0.25) is 10.0 Å². The zero-order valence-corrected chi connectivity index (χ0v) is 13.2. The summed E-state index contributed by atoms with van der Waals surface area (Å²) in [5, 5.41) is 2.64. The SMILES string of the molecule is Cc1nc(-c2ccc3c(c2)CCN3S(=O)(=O)CCl)cs1. The van der Waals surface area contributed by atoms with Crippen molar-refractivity contribution in [1.29, 1.82) is 0 Å². The number of hydrogen-bond donors (Lipinski definition) is 0. The van der Waals surface area contributed by atoms with Gasteiger partial charge in [-0.05, 0) is 31.0 Å². The van der Waals surface area contributed by atoms with Crippen molar-refractivity contribution >= 4 is 38.6 Å². The molecule has 7 heteroatoms. The number of alkyl halides is 1. The van der Waals surface area contributed by atoms with Gasteiger partial charge < -0.3 is 0 Å². The molecule has 0 aliphatic carbocycles. The van der Waals surface area contributed by atoms with Crippen LogP contribution in [0.25, 0.3) is 11.3 Å². The number of aryl methyl sites for hydroxylation is 1.